The van der Waals surface area contributed by atoms with Gasteiger partial charge in [0.25, 0.3) is 11.8 Å². The second-order valence-electron chi connectivity index (χ2n) is 7.62. The van der Waals surface area contributed by atoms with Crippen LogP contribution in [0.1, 0.15) is 34.6 Å². The Morgan fingerprint density at radius 3 is 2.72 bits per heavy atom. The average molecular weight is 436 g/mol. The summed E-state index contributed by atoms with van der Waals surface area (Å²) in [4.78, 5) is 26.8. The summed E-state index contributed by atoms with van der Waals surface area (Å²) in [6.07, 6.45) is 1.46. The van der Waals surface area contributed by atoms with E-state index in [1.165, 1.54) is 0 Å². The molecule has 2 amide bonds. The molecule has 0 atom stereocenters. The molecule has 166 valence electrons. The Morgan fingerprint density at radius 2 is 1.97 bits per heavy atom. The Labute approximate surface area is 185 Å². The summed E-state index contributed by atoms with van der Waals surface area (Å²) in [7, 11) is 1.74. The van der Waals surface area contributed by atoms with Crippen molar-refractivity contribution in [2.45, 2.75) is 20.0 Å². The smallest absolute Gasteiger partial charge is 0.257 e. The van der Waals surface area contributed by atoms with Gasteiger partial charge in [-0.25, -0.2) is 0 Å². The van der Waals surface area contributed by atoms with Crippen LogP contribution in [0.4, 0.5) is 5.82 Å². The molecule has 1 aromatic heterocycles. The molecule has 4 rings (SSSR count). The number of nitrogens with zero attached hydrogens (tertiary/aromatic N) is 2. The summed E-state index contributed by atoms with van der Waals surface area (Å²) >= 11 is 0. The normalized spacial score (nSPS) is 13.2. The van der Waals surface area contributed by atoms with Gasteiger partial charge in [0.1, 0.15) is 35.4 Å². The second-order valence-corrected chi connectivity index (χ2v) is 7.62. The second kappa shape index (κ2) is 9.01. The van der Waals surface area contributed by atoms with Gasteiger partial charge in [0, 0.05) is 30.8 Å². The SMILES string of the molecule is CC(C)Oc1cc(Oc2ccc3c(c2)OCCN(C)C3=O)cc(C(=O)Nc2ccn[nH]2)c1. The molecule has 1 aliphatic rings. The predicted octanol–water partition coefficient (Wildman–Crippen LogP) is 3.71. The monoisotopic (exact) mass is 436 g/mol. The number of likely N-dealkylation sites (N-methyl/N-ethyl adjacent to an activating group) is 1. The third kappa shape index (κ3) is 4.83. The quantitative estimate of drug-likeness (QED) is 0.610. The number of amides is 2. The highest BCUT2D eigenvalue weighted by Gasteiger charge is 2.21. The van der Waals surface area contributed by atoms with E-state index in [0.717, 1.165) is 0 Å². The van der Waals surface area contributed by atoms with Crippen LogP contribution in [-0.2, 0) is 0 Å². The van der Waals surface area contributed by atoms with Crippen LogP contribution < -0.4 is 19.5 Å². The maximum atomic E-state index is 12.7. The van der Waals surface area contributed by atoms with Crippen molar-refractivity contribution >= 4 is 17.6 Å². The van der Waals surface area contributed by atoms with Crippen LogP contribution >= 0.6 is 0 Å². The number of aromatic amines is 1. The minimum atomic E-state index is -0.341. The Balaban J connectivity index is 1.62. The zero-order chi connectivity index (χ0) is 22.7. The minimum absolute atomic E-state index is 0.0855. The summed E-state index contributed by atoms with van der Waals surface area (Å²) in [5, 5.41) is 9.25. The van der Waals surface area contributed by atoms with Crippen LogP contribution in [0.15, 0.2) is 48.7 Å². The zero-order valence-electron chi connectivity index (χ0n) is 18.0. The molecule has 32 heavy (non-hydrogen) atoms. The number of benzene rings is 2. The van der Waals surface area contributed by atoms with Crippen molar-refractivity contribution in [2.75, 3.05) is 25.5 Å². The van der Waals surface area contributed by atoms with Crippen LogP contribution in [0, 0.1) is 0 Å². The molecule has 0 saturated heterocycles. The van der Waals surface area contributed by atoms with Crippen LogP contribution in [0.25, 0.3) is 0 Å². The lowest BCUT2D eigenvalue weighted by Gasteiger charge is -2.15. The van der Waals surface area contributed by atoms with Gasteiger partial charge in [-0.3, -0.25) is 14.7 Å². The van der Waals surface area contributed by atoms with Crippen molar-refractivity contribution < 1.29 is 23.8 Å². The maximum Gasteiger partial charge on any atom is 0.257 e. The lowest BCUT2D eigenvalue weighted by atomic mass is 10.1. The van der Waals surface area contributed by atoms with E-state index in [2.05, 4.69) is 15.5 Å². The number of H-pyrrole nitrogens is 1. The Morgan fingerprint density at radius 1 is 1.16 bits per heavy atom. The van der Waals surface area contributed by atoms with Gasteiger partial charge in [-0.05, 0) is 38.1 Å². The van der Waals surface area contributed by atoms with E-state index < -0.39 is 0 Å². The maximum absolute atomic E-state index is 12.7. The Kier molecular flexibility index (Phi) is 5.98. The first kappa shape index (κ1) is 21.2. The minimum Gasteiger partial charge on any atom is -0.491 e. The van der Waals surface area contributed by atoms with Gasteiger partial charge in [-0.15, -0.1) is 0 Å². The van der Waals surface area contributed by atoms with Gasteiger partial charge < -0.3 is 24.4 Å². The van der Waals surface area contributed by atoms with Gasteiger partial charge in [0.05, 0.1) is 24.4 Å². The fourth-order valence-electron chi connectivity index (χ4n) is 3.22. The van der Waals surface area contributed by atoms with Gasteiger partial charge in [0.2, 0.25) is 0 Å². The average Bonchev–Trinajstić information content (AvgIpc) is 3.21. The molecule has 1 aliphatic heterocycles. The number of fused-ring (bicyclic) bond motifs is 1. The van der Waals surface area contributed by atoms with Gasteiger partial charge >= 0.3 is 0 Å². The number of hydrogen-bond donors (Lipinski definition) is 2. The molecule has 0 fully saturated rings. The molecule has 0 aliphatic carbocycles. The fraction of sp³-hybridized carbons (Fsp3) is 0.261. The predicted molar refractivity (Wildman–Crippen MR) is 118 cm³/mol. The first-order valence-electron chi connectivity index (χ1n) is 10.2. The van der Waals surface area contributed by atoms with Gasteiger partial charge in [-0.1, -0.05) is 0 Å². The number of ether oxygens (including phenoxy) is 3. The first-order valence-corrected chi connectivity index (χ1v) is 10.2. The summed E-state index contributed by atoms with van der Waals surface area (Å²) in [6, 6.07) is 11.7. The van der Waals surface area contributed by atoms with E-state index in [4.69, 9.17) is 14.2 Å². The van der Waals surface area contributed by atoms with Crippen LogP contribution in [0.2, 0.25) is 0 Å². The zero-order valence-corrected chi connectivity index (χ0v) is 18.0. The van der Waals surface area contributed by atoms with Crippen molar-refractivity contribution in [3.63, 3.8) is 0 Å². The summed E-state index contributed by atoms with van der Waals surface area (Å²) in [6.45, 7) is 4.70. The molecule has 0 bridgehead atoms. The molecular weight excluding hydrogens is 412 g/mol. The lowest BCUT2D eigenvalue weighted by molar-refractivity contribution is 0.0796. The highest BCUT2D eigenvalue weighted by molar-refractivity contribution is 6.04. The van der Waals surface area contributed by atoms with Crippen molar-refractivity contribution in [1.29, 1.82) is 0 Å². The molecule has 9 heteroatoms. The molecule has 0 saturated carbocycles. The highest BCUT2D eigenvalue weighted by atomic mass is 16.5. The van der Waals surface area contributed by atoms with Crippen LogP contribution in [0.3, 0.4) is 0 Å². The van der Waals surface area contributed by atoms with E-state index in [0.29, 0.717) is 53.1 Å². The van der Waals surface area contributed by atoms with E-state index in [9.17, 15) is 9.59 Å². The number of anilines is 1. The van der Waals surface area contributed by atoms with Crippen molar-refractivity contribution in [2.24, 2.45) is 0 Å². The molecule has 3 aromatic rings. The largest absolute Gasteiger partial charge is 0.491 e. The van der Waals surface area contributed by atoms with E-state index in [1.54, 1.807) is 60.6 Å². The Bertz CT molecular complexity index is 1130. The summed E-state index contributed by atoms with van der Waals surface area (Å²) in [5.74, 6) is 1.88. The number of carbonyl (C=O) groups is 2. The standard InChI is InChI=1S/C23H24N4O5/c1-14(2)31-17-10-15(22(28)25-21-6-7-24-26-21)11-18(12-17)32-16-4-5-19-20(13-16)30-9-8-27(3)23(19)29/h4-7,10-14H,8-9H2,1-3H3,(H2,24,25,26,28). The molecule has 9 nitrogen and oxygen atoms in total. The number of aromatic nitrogens is 2. The molecule has 0 spiro atoms. The van der Waals surface area contributed by atoms with Crippen molar-refractivity contribution in [3.05, 3.63) is 59.8 Å². The van der Waals surface area contributed by atoms with Crippen LogP contribution in [0.5, 0.6) is 23.0 Å². The summed E-state index contributed by atoms with van der Waals surface area (Å²) in [5.41, 5.74) is 0.837. The molecule has 2 heterocycles. The molecule has 0 radical (unpaired) electrons. The van der Waals surface area contributed by atoms with Crippen LogP contribution in [-0.4, -0.2) is 53.2 Å². The third-order valence-electron chi connectivity index (χ3n) is 4.71. The van der Waals surface area contributed by atoms with E-state index in [-0.39, 0.29) is 17.9 Å². The Hall–Kier alpha value is -4.01. The molecule has 0 unspecified atom stereocenters. The number of hydrogen-bond acceptors (Lipinski definition) is 6. The molecular formula is C23H24N4O5. The molecule has 2 N–H and O–H groups in total. The number of rotatable bonds is 6. The fourth-order valence-corrected chi connectivity index (χ4v) is 3.22. The summed E-state index contributed by atoms with van der Waals surface area (Å²) < 4.78 is 17.5. The van der Waals surface area contributed by atoms with Crippen molar-refractivity contribution in [1.82, 2.24) is 15.1 Å². The van der Waals surface area contributed by atoms with Crippen molar-refractivity contribution in [3.8, 4) is 23.0 Å². The van der Waals surface area contributed by atoms with Gasteiger partial charge in [-0.2, -0.15) is 5.10 Å². The van der Waals surface area contributed by atoms with Gasteiger partial charge in [0.15, 0.2) is 0 Å². The lowest BCUT2D eigenvalue weighted by Crippen LogP contribution is -2.27. The number of nitrogens with one attached hydrogen (secondary N) is 2. The topological polar surface area (TPSA) is 106 Å². The first-order chi connectivity index (χ1) is 15.4. The van der Waals surface area contributed by atoms with E-state index >= 15 is 0 Å². The van der Waals surface area contributed by atoms with E-state index in [1.807, 2.05) is 13.8 Å². The molecule has 2 aromatic carbocycles. The highest BCUT2D eigenvalue weighted by Crippen LogP contribution is 2.33. The third-order valence-corrected chi connectivity index (χ3v) is 4.71. The number of carbonyl (C=O) groups excluding carboxylic acids is 2.